The zero-order chi connectivity index (χ0) is 15.3. The molecule has 0 N–H and O–H groups in total. The van der Waals surface area contributed by atoms with Gasteiger partial charge in [0.05, 0.1) is 15.9 Å². The van der Waals surface area contributed by atoms with Crippen LogP contribution in [0.2, 0.25) is 0 Å². The Morgan fingerprint density at radius 2 is 2.05 bits per heavy atom. The summed E-state index contributed by atoms with van der Waals surface area (Å²) >= 11 is 5.66. The van der Waals surface area contributed by atoms with Gasteiger partial charge in [-0.3, -0.25) is 10.1 Å². The van der Waals surface area contributed by atoms with Crippen LogP contribution >= 0.6 is 11.6 Å². The second-order valence-electron chi connectivity index (χ2n) is 4.46. The first-order valence-corrected chi connectivity index (χ1v) is 8.20. The van der Waals surface area contributed by atoms with Crippen LogP contribution in [-0.4, -0.2) is 31.0 Å². The number of hydrogen-bond donors (Lipinski definition) is 0. The molecule has 1 aromatic rings. The molecule has 0 bridgehead atoms. The van der Waals surface area contributed by atoms with E-state index in [-0.39, 0.29) is 29.7 Å². The zero-order valence-electron chi connectivity index (χ0n) is 11.2. The number of halogens is 1. The van der Waals surface area contributed by atoms with Crippen LogP contribution in [0.4, 0.5) is 5.69 Å². The summed E-state index contributed by atoms with van der Waals surface area (Å²) in [5.41, 5.74) is 0.458. The molecule has 0 aromatic heterocycles. The van der Waals surface area contributed by atoms with E-state index in [4.69, 9.17) is 16.3 Å². The van der Waals surface area contributed by atoms with Crippen molar-refractivity contribution < 1.29 is 18.1 Å². The monoisotopic (exact) mass is 321 g/mol. The van der Waals surface area contributed by atoms with Gasteiger partial charge in [-0.1, -0.05) is 6.07 Å². The molecule has 0 saturated heterocycles. The molecule has 0 fully saturated rings. The third-order valence-electron chi connectivity index (χ3n) is 2.72. The molecule has 0 aliphatic heterocycles. The summed E-state index contributed by atoms with van der Waals surface area (Å²) in [6.07, 6.45) is 0. The minimum absolute atomic E-state index is 0.0344. The number of sulfone groups is 1. The van der Waals surface area contributed by atoms with Crippen LogP contribution in [0, 0.1) is 10.1 Å². The van der Waals surface area contributed by atoms with Gasteiger partial charge >= 0.3 is 5.69 Å². The molecule has 0 radical (unpaired) electrons. The summed E-state index contributed by atoms with van der Waals surface area (Å²) in [6, 6.07) is 4.28. The maximum atomic E-state index is 11.6. The molecule has 1 aromatic carbocycles. The molecule has 0 amide bonds. The summed E-state index contributed by atoms with van der Waals surface area (Å²) in [6.45, 7) is 3.02. The van der Waals surface area contributed by atoms with Crippen LogP contribution < -0.4 is 4.74 Å². The van der Waals surface area contributed by atoms with E-state index < -0.39 is 20.0 Å². The van der Waals surface area contributed by atoms with Crippen molar-refractivity contribution in [3.63, 3.8) is 0 Å². The smallest absolute Gasteiger partial charge is 0.310 e. The number of nitrogens with zero attached hydrogens (tertiary/aromatic N) is 1. The summed E-state index contributed by atoms with van der Waals surface area (Å²) in [5.74, 6) is 0.0399. The average Bonchev–Trinajstić information content (AvgIpc) is 2.37. The molecule has 0 heterocycles. The van der Waals surface area contributed by atoms with Gasteiger partial charge < -0.3 is 4.74 Å². The lowest BCUT2D eigenvalue weighted by Crippen LogP contribution is -2.22. The molecule has 0 spiro atoms. The molecule has 8 heteroatoms. The lowest BCUT2D eigenvalue weighted by atomic mass is 10.2. The Labute approximate surface area is 122 Å². The fourth-order valence-corrected chi connectivity index (χ4v) is 2.36. The summed E-state index contributed by atoms with van der Waals surface area (Å²) in [7, 11) is -3.24. The number of hydrogen-bond acceptors (Lipinski definition) is 5. The SMILES string of the molecule is CC(C)S(=O)(=O)CCOc1cc(CCl)ccc1[N+](=O)[O-]. The molecule has 0 saturated carbocycles. The van der Waals surface area contributed by atoms with Crippen LogP contribution in [0.1, 0.15) is 19.4 Å². The Hall–Kier alpha value is -1.34. The fraction of sp³-hybridized carbons (Fsp3) is 0.500. The summed E-state index contributed by atoms with van der Waals surface area (Å²) in [5, 5.41) is 10.4. The molecular weight excluding hydrogens is 306 g/mol. The predicted molar refractivity (Wildman–Crippen MR) is 77.1 cm³/mol. The van der Waals surface area contributed by atoms with E-state index in [9.17, 15) is 18.5 Å². The summed E-state index contributed by atoms with van der Waals surface area (Å²) in [4.78, 5) is 10.3. The van der Waals surface area contributed by atoms with Crippen LogP contribution in [-0.2, 0) is 15.7 Å². The maximum absolute atomic E-state index is 11.6. The number of nitro benzene ring substituents is 1. The van der Waals surface area contributed by atoms with E-state index in [0.29, 0.717) is 5.56 Å². The Bertz CT molecular complexity index is 586. The highest BCUT2D eigenvalue weighted by Crippen LogP contribution is 2.28. The minimum Gasteiger partial charge on any atom is -0.486 e. The average molecular weight is 322 g/mol. The number of nitro groups is 1. The molecule has 0 unspecified atom stereocenters. The van der Waals surface area contributed by atoms with Crippen LogP contribution in [0.5, 0.6) is 5.75 Å². The molecule has 20 heavy (non-hydrogen) atoms. The normalized spacial score (nSPS) is 11.6. The fourth-order valence-electron chi connectivity index (χ4n) is 1.41. The molecule has 112 valence electrons. The van der Waals surface area contributed by atoms with Gasteiger partial charge in [0.1, 0.15) is 6.61 Å². The Morgan fingerprint density at radius 3 is 2.55 bits per heavy atom. The molecular formula is C12H16ClNO5S. The van der Waals surface area contributed by atoms with Crippen molar-refractivity contribution >= 4 is 27.1 Å². The van der Waals surface area contributed by atoms with Crippen molar-refractivity contribution in [3.8, 4) is 5.75 Å². The number of alkyl halides is 1. The number of benzene rings is 1. The Kier molecular flexibility index (Phi) is 5.76. The van der Waals surface area contributed by atoms with Gasteiger partial charge in [0.25, 0.3) is 0 Å². The first kappa shape index (κ1) is 16.7. The van der Waals surface area contributed by atoms with Crippen LogP contribution in [0.3, 0.4) is 0 Å². The van der Waals surface area contributed by atoms with Crippen LogP contribution in [0.15, 0.2) is 18.2 Å². The highest BCUT2D eigenvalue weighted by Gasteiger charge is 2.19. The van der Waals surface area contributed by atoms with Crippen LogP contribution in [0.25, 0.3) is 0 Å². The highest BCUT2D eigenvalue weighted by atomic mass is 35.5. The minimum atomic E-state index is -3.24. The predicted octanol–water partition coefficient (Wildman–Crippen LogP) is 2.54. The van der Waals surface area contributed by atoms with E-state index in [1.54, 1.807) is 13.8 Å². The lowest BCUT2D eigenvalue weighted by molar-refractivity contribution is -0.385. The first-order chi connectivity index (χ1) is 9.27. The Morgan fingerprint density at radius 1 is 1.40 bits per heavy atom. The highest BCUT2D eigenvalue weighted by molar-refractivity contribution is 7.91. The first-order valence-electron chi connectivity index (χ1n) is 5.95. The van der Waals surface area contributed by atoms with Gasteiger partial charge in [-0.05, 0) is 25.5 Å². The van der Waals surface area contributed by atoms with Gasteiger partial charge in [0.15, 0.2) is 15.6 Å². The van der Waals surface area contributed by atoms with E-state index >= 15 is 0 Å². The van der Waals surface area contributed by atoms with Gasteiger partial charge in [0, 0.05) is 11.9 Å². The van der Waals surface area contributed by atoms with Gasteiger partial charge in [0.2, 0.25) is 0 Å². The second-order valence-corrected chi connectivity index (χ2v) is 7.40. The van der Waals surface area contributed by atoms with E-state index in [0.717, 1.165) is 0 Å². The lowest BCUT2D eigenvalue weighted by Gasteiger charge is -2.10. The number of rotatable bonds is 7. The standard InChI is InChI=1S/C12H16ClNO5S/c1-9(2)20(17,18)6-5-19-12-7-10(8-13)3-4-11(12)14(15)16/h3-4,7,9H,5-6,8H2,1-2H3. The third kappa shape index (κ3) is 4.35. The second kappa shape index (κ2) is 6.90. The largest absolute Gasteiger partial charge is 0.486 e. The van der Waals surface area contributed by atoms with E-state index in [2.05, 4.69) is 0 Å². The van der Waals surface area contributed by atoms with Crippen molar-refractivity contribution in [2.45, 2.75) is 25.0 Å². The molecule has 0 aliphatic rings. The third-order valence-corrected chi connectivity index (χ3v) is 5.20. The number of ether oxygens (including phenoxy) is 1. The van der Waals surface area contributed by atoms with E-state index in [1.165, 1.54) is 18.2 Å². The quantitative estimate of drug-likeness (QED) is 0.437. The van der Waals surface area contributed by atoms with Crippen molar-refractivity contribution in [2.24, 2.45) is 0 Å². The zero-order valence-corrected chi connectivity index (χ0v) is 12.8. The van der Waals surface area contributed by atoms with Crippen molar-refractivity contribution in [1.29, 1.82) is 0 Å². The maximum Gasteiger partial charge on any atom is 0.310 e. The Balaban J connectivity index is 2.84. The topological polar surface area (TPSA) is 86.5 Å². The van der Waals surface area contributed by atoms with Crippen molar-refractivity contribution in [1.82, 2.24) is 0 Å². The van der Waals surface area contributed by atoms with Crippen molar-refractivity contribution in [2.75, 3.05) is 12.4 Å². The van der Waals surface area contributed by atoms with Gasteiger partial charge in [-0.25, -0.2) is 8.42 Å². The molecule has 6 nitrogen and oxygen atoms in total. The summed E-state index contributed by atoms with van der Waals surface area (Å²) < 4.78 is 28.5. The van der Waals surface area contributed by atoms with E-state index in [1.807, 2.05) is 0 Å². The van der Waals surface area contributed by atoms with Crippen molar-refractivity contribution in [3.05, 3.63) is 33.9 Å². The van der Waals surface area contributed by atoms with Gasteiger partial charge in [-0.15, -0.1) is 11.6 Å². The molecule has 1 rings (SSSR count). The molecule has 0 atom stereocenters. The van der Waals surface area contributed by atoms with Gasteiger partial charge in [-0.2, -0.15) is 0 Å². The molecule has 0 aliphatic carbocycles.